The van der Waals surface area contributed by atoms with Crippen molar-refractivity contribution in [2.75, 3.05) is 10.6 Å². The average Bonchev–Trinajstić information content (AvgIpc) is 2.56. The van der Waals surface area contributed by atoms with Gasteiger partial charge in [0.25, 0.3) is 0 Å². The Morgan fingerprint density at radius 3 is 2.61 bits per heavy atom. The third-order valence-corrected chi connectivity index (χ3v) is 3.21. The Balaban J connectivity index is 1.81. The Morgan fingerprint density at radius 1 is 0.957 bits per heavy atom. The van der Waals surface area contributed by atoms with Crippen LogP contribution in [0.3, 0.4) is 0 Å². The summed E-state index contributed by atoms with van der Waals surface area (Å²) in [6.07, 6.45) is 5.36. The predicted octanol–water partition coefficient (Wildman–Crippen LogP) is 4.10. The van der Waals surface area contributed by atoms with Crippen molar-refractivity contribution in [1.29, 1.82) is 0 Å². The van der Waals surface area contributed by atoms with Crippen LogP contribution in [-0.4, -0.2) is 21.0 Å². The highest BCUT2D eigenvalue weighted by Crippen LogP contribution is 2.23. The van der Waals surface area contributed by atoms with E-state index in [0.29, 0.717) is 12.0 Å². The van der Waals surface area contributed by atoms with Gasteiger partial charge in [0.05, 0.1) is 0 Å². The predicted molar refractivity (Wildman–Crippen MR) is 93.7 cm³/mol. The van der Waals surface area contributed by atoms with Gasteiger partial charge in [0.15, 0.2) is 0 Å². The third kappa shape index (κ3) is 4.03. The SMILES string of the molecule is CC(C)Nc1ccnc(Nc2cccc(-c3cccnc3)c2)n1. The summed E-state index contributed by atoms with van der Waals surface area (Å²) >= 11 is 0. The Bertz CT molecular complexity index is 771. The molecular weight excluding hydrogens is 286 g/mol. The van der Waals surface area contributed by atoms with Gasteiger partial charge in [-0.25, -0.2) is 4.98 Å². The highest BCUT2D eigenvalue weighted by Gasteiger charge is 2.03. The van der Waals surface area contributed by atoms with Crippen molar-refractivity contribution in [3.63, 3.8) is 0 Å². The minimum absolute atomic E-state index is 0.326. The maximum atomic E-state index is 4.46. The molecule has 0 aliphatic carbocycles. The van der Waals surface area contributed by atoms with Crippen LogP contribution in [0.1, 0.15) is 13.8 Å². The zero-order valence-electron chi connectivity index (χ0n) is 13.2. The monoisotopic (exact) mass is 305 g/mol. The summed E-state index contributed by atoms with van der Waals surface area (Å²) in [5.74, 6) is 1.37. The first-order chi connectivity index (χ1) is 11.2. The fourth-order valence-electron chi connectivity index (χ4n) is 2.23. The summed E-state index contributed by atoms with van der Waals surface area (Å²) in [6, 6.07) is 14.3. The second-order valence-corrected chi connectivity index (χ2v) is 5.51. The van der Waals surface area contributed by atoms with Gasteiger partial charge in [-0.05, 0) is 43.7 Å². The molecule has 0 aliphatic rings. The fraction of sp³-hybridized carbons (Fsp3) is 0.167. The van der Waals surface area contributed by atoms with Gasteiger partial charge in [0, 0.05) is 35.9 Å². The van der Waals surface area contributed by atoms with Crippen LogP contribution in [0.4, 0.5) is 17.5 Å². The number of aromatic nitrogens is 3. The van der Waals surface area contributed by atoms with E-state index in [2.05, 4.69) is 51.6 Å². The summed E-state index contributed by atoms with van der Waals surface area (Å²) in [6.45, 7) is 4.15. The van der Waals surface area contributed by atoms with E-state index in [1.807, 2.05) is 36.5 Å². The number of rotatable bonds is 5. The van der Waals surface area contributed by atoms with Gasteiger partial charge >= 0.3 is 0 Å². The van der Waals surface area contributed by atoms with Crippen LogP contribution in [0.2, 0.25) is 0 Å². The molecule has 5 nitrogen and oxygen atoms in total. The first-order valence-corrected chi connectivity index (χ1v) is 7.58. The summed E-state index contributed by atoms with van der Waals surface area (Å²) < 4.78 is 0. The molecule has 0 radical (unpaired) electrons. The lowest BCUT2D eigenvalue weighted by Gasteiger charge is -2.11. The van der Waals surface area contributed by atoms with Crippen molar-refractivity contribution in [1.82, 2.24) is 15.0 Å². The van der Waals surface area contributed by atoms with Gasteiger partial charge < -0.3 is 10.6 Å². The van der Waals surface area contributed by atoms with E-state index in [4.69, 9.17) is 0 Å². The molecule has 5 heteroatoms. The van der Waals surface area contributed by atoms with Crippen molar-refractivity contribution in [2.24, 2.45) is 0 Å². The first kappa shape index (κ1) is 15.0. The van der Waals surface area contributed by atoms with E-state index in [9.17, 15) is 0 Å². The molecule has 0 atom stereocenters. The molecule has 0 amide bonds. The molecule has 3 aromatic rings. The van der Waals surface area contributed by atoms with Crippen LogP contribution in [-0.2, 0) is 0 Å². The quantitative estimate of drug-likeness (QED) is 0.743. The zero-order chi connectivity index (χ0) is 16.1. The zero-order valence-corrected chi connectivity index (χ0v) is 13.2. The standard InChI is InChI=1S/C18H19N5/c1-13(2)21-17-8-10-20-18(23-17)22-16-7-3-5-14(11-16)15-6-4-9-19-12-15/h3-13H,1-2H3,(H2,20,21,22,23). The second-order valence-electron chi connectivity index (χ2n) is 5.51. The Kier molecular flexibility index (Phi) is 4.47. The topological polar surface area (TPSA) is 62.7 Å². The van der Waals surface area contributed by atoms with Crippen LogP contribution in [0.5, 0.6) is 0 Å². The van der Waals surface area contributed by atoms with Crippen molar-refractivity contribution in [3.8, 4) is 11.1 Å². The van der Waals surface area contributed by atoms with E-state index in [-0.39, 0.29) is 0 Å². The maximum absolute atomic E-state index is 4.46. The molecule has 0 fully saturated rings. The number of hydrogen-bond donors (Lipinski definition) is 2. The van der Waals surface area contributed by atoms with Gasteiger partial charge in [-0.3, -0.25) is 4.98 Å². The Hall–Kier alpha value is -2.95. The van der Waals surface area contributed by atoms with E-state index in [0.717, 1.165) is 22.6 Å². The van der Waals surface area contributed by atoms with E-state index >= 15 is 0 Å². The molecular formula is C18H19N5. The molecule has 0 saturated carbocycles. The number of hydrogen-bond acceptors (Lipinski definition) is 5. The number of nitrogens with one attached hydrogen (secondary N) is 2. The van der Waals surface area contributed by atoms with E-state index in [1.165, 1.54) is 0 Å². The molecule has 23 heavy (non-hydrogen) atoms. The van der Waals surface area contributed by atoms with Gasteiger partial charge in [0.1, 0.15) is 5.82 Å². The molecule has 0 spiro atoms. The molecule has 2 aromatic heterocycles. The van der Waals surface area contributed by atoms with Crippen molar-refractivity contribution in [2.45, 2.75) is 19.9 Å². The number of nitrogens with zero attached hydrogens (tertiary/aromatic N) is 3. The average molecular weight is 305 g/mol. The van der Waals surface area contributed by atoms with Crippen molar-refractivity contribution >= 4 is 17.5 Å². The van der Waals surface area contributed by atoms with Gasteiger partial charge in [-0.1, -0.05) is 18.2 Å². The molecule has 0 bridgehead atoms. The summed E-state index contributed by atoms with van der Waals surface area (Å²) in [7, 11) is 0. The maximum Gasteiger partial charge on any atom is 0.229 e. The smallest absolute Gasteiger partial charge is 0.229 e. The Morgan fingerprint density at radius 2 is 1.83 bits per heavy atom. The highest BCUT2D eigenvalue weighted by atomic mass is 15.1. The summed E-state index contributed by atoms with van der Waals surface area (Å²) in [4.78, 5) is 12.9. The summed E-state index contributed by atoms with van der Waals surface area (Å²) in [5.41, 5.74) is 3.11. The second kappa shape index (κ2) is 6.87. The molecule has 2 N–H and O–H groups in total. The Labute approximate surface area is 135 Å². The van der Waals surface area contributed by atoms with E-state index < -0.39 is 0 Å². The minimum atomic E-state index is 0.326. The van der Waals surface area contributed by atoms with Crippen LogP contribution < -0.4 is 10.6 Å². The lowest BCUT2D eigenvalue weighted by Crippen LogP contribution is -2.11. The highest BCUT2D eigenvalue weighted by molar-refractivity contribution is 5.69. The fourth-order valence-corrected chi connectivity index (χ4v) is 2.23. The summed E-state index contributed by atoms with van der Waals surface area (Å²) in [5, 5.41) is 6.51. The van der Waals surface area contributed by atoms with Crippen molar-refractivity contribution < 1.29 is 0 Å². The molecule has 116 valence electrons. The first-order valence-electron chi connectivity index (χ1n) is 7.58. The van der Waals surface area contributed by atoms with Crippen LogP contribution in [0.25, 0.3) is 11.1 Å². The molecule has 0 unspecified atom stereocenters. The molecule has 0 aliphatic heterocycles. The van der Waals surface area contributed by atoms with E-state index in [1.54, 1.807) is 12.4 Å². The molecule has 3 rings (SSSR count). The molecule has 0 saturated heterocycles. The molecule has 2 heterocycles. The van der Waals surface area contributed by atoms with Crippen LogP contribution in [0, 0.1) is 0 Å². The number of anilines is 3. The lowest BCUT2D eigenvalue weighted by atomic mass is 10.1. The third-order valence-electron chi connectivity index (χ3n) is 3.21. The number of benzene rings is 1. The normalized spacial score (nSPS) is 10.6. The van der Waals surface area contributed by atoms with Gasteiger partial charge in [-0.15, -0.1) is 0 Å². The van der Waals surface area contributed by atoms with Crippen molar-refractivity contribution in [3.05, 3.63) is 61.1 Å². The largest absolute Gasteiger partial charge is 0.368 e. The lowest BCUT2D eigenvalue weighted by molar-refractivity contribution is 0.887. The van der Waals surface area contributed by atoms with Gasteiger partial charge in [0.2, 0.25) is 5.95 Å². The minimum Gasteiger partial charge on any atom is -0.368 e. The van der Waals surface area contributed by atoms with Gasteiger partial charge in [-0.2, -0.15) is 4.98 Å². The van der Waals surface area contributed by atoms with Crippen LogP contribution in [0.15, 0.2) is 61.1 Å². The number of pyridine rings is 1. The van der Waals surface area contributed by atoms with Crippen LogP contribution >= 0.6 is 0 Å². The molecule has 1 aromatic carbocycles.